The summed E-state index contributed by atoms with van der Waals surface area (Å²) in [7, 11) is 0. The Balaban J connectivity index is 0.000000134. The van der Waals surface area contributed by atoms with Gasteiger partial charge >= 0.3 is 41.7 Å². The molecule has 3 aliphatic heterocycles. The molecule has 564 valence electrons. The minimum Gasteiger partial charge on any atom is -0.813 e. The van der Waals surface area contributed by atoms with Crippen molar-refractivity contribution in [3.8, 4) is 0 Å². The molecular weight excluding hydrogens is 1500 g/mol. The Bertz CT molecular complexity index is 5130. The van der Waals surface area contributed by atoms with Crippen LogP contribution in [-0.2, 0) is 23.0 Å². The summed E-state index contributed by atoms with van der Waals surface area (Å²) in [6, 6.07) is 28.6. The number of thiol groups is 1. The van der Waals surface area contributed by atoms with Crippen molar-refractivity contribution in [2.45, 2.75) is 187 Å². The van der Waals surface area contributed by atoms with E-state index >= 15 is 0 Å². The van der Waals surface area contributed by atoms with Gasteiger partial charge in [-0.25, -0.2) is 29.5 Å². The number of hydrogen-bond acceptors (Lipinski definition) is 20. The van der Waals surface area contributed by atoms with E-state index in [0.29, 0.717) is 11.5 Å². The third-order valence-electron chi connectivity index (χ3n) is 22.6. The van der Waals surface area contributed by atoms with Crippen LogP contribution in [0.4, 0.5) is 27.4 Å². The van der Waals surface area contributed by atoms with Crippen molar-refractivity contribution >= 4 is 132 Å². The zero-order valence-electron chi connectivity index (χ0n) is 63.2. The van der Waals surface area contributed by atoms with Gasteiger partial charge in [0.05, 0.1) is 9.79 Å². The first-order chi connectivity index (χ1) is 51.8. The van der Waals surface area contributed by atoms with Crippen molar-refractivity contribution in [3.05, 3.63) is 176 Å². The van der Waals surface area contributed by atoms with Crippen LogP contribution in [0.3, 0.4) is 0 Å². The smallest absolute Gasteiger partial charge is 0.813 e. The number of anilines is 3. The predicted molar refractivity (Wildman–Crippen MR) is 435 cm³/mol. The van der Waals surface area contributed by atoms with E-state index in [0.717, 1.165) is 186 Å². The maximum atomic E-state index is 12.5. The molecule has 12 heterocycles. The Labute approximate surface area is 683 Å². The van der Waals surface area contributed by atoms with Gasteiger partial charge < -0.3 is 64.5 Å². The molecule has 6 aliphatic rings. The van der Waals surface area contributed by atoms with Gasteiger partial charge in [0, 0.05) is 175 Å². The summed E-state index contributed by atoms with van der Waals surface area (Å²) in [4.78, 5) is 77.0. The van der Waals surface area contributed by atoms with Gasteiger partial charge in [-0.05, 0) is 173 Å². The number of nitrogens with one attached hydrogen (secondary N) is 2. The molecular formula is C82H95BrN18NaO4S3-. The van der Waals surface area contributed by atoms with E-state index in [9.17, 15) is 9.59 Å². The third-order valence-corrected chi connectivity index (χ3v) is 25.3. The molecule has 22 nitrogen and oxygen atoms in total. The minimum atomic E-state index is -0.490. The number of pyridine rings is 3. The SMILES string of the molecule is Brc1cncc2ccccc12.CC(C)(C)OC(=O)N[C@@H]1CCCC12CCN(c1nc[c-]c3nccn13)CC2.CC(C)(C)OC(=O)N[C@@H]1CCCC12CCN(c1ncc(Sc3cncc4ccccc34)c3nccn13)CC2.N[C@@H]1CCCC12CCN(c1ncc(Sc3cncc4ccccc34)c3nccn13)CC2.[Na+].[SH-]. The predicted octanol–water partition coefficient (Wildman–Crippen LogP) is 13.5. The summed E-state index contributed by atoms with van der Waals surface area (Å²) in [5.74, 6) is 2.82. The van der Waals surface area contributed by atoms with Crippen LogP contribution in [0.25, 0.3) is 49.3 Å². The molecule has 3 saturated heterocycles. The summed E-state index contributed by atoms with van der Waals surface area (Å²) < 4.78 is 18.3. The number of amides is 2. The zero-order chi connectivity index (χ0) is 73.9. The Morgan fingerprint density at radius 1 is 0.486 bits per heavy atom. The molecule has 0 radical (unpaired) electrons. The molecule has 3 aromatic carbocycles. The summed E-state index contributed by atoms with van der Waals surface area (Å²) in [6.07, 6.45) is 44.6. The number of benzene rings is 3. The number of hydrogen-bond donors (Lipinski definition) is 3. The van der Waals surface area contributed by atoms with Crippen LogP contribution in [0.2, 0.25) is 0 Å². The van der Waals surface area contributed by atoms with Gasteiger partial charge in [-0.3, -0.25) is 33.7 Å². The number of halogens is 1. The fourth-order valence-electron chi connectivity index (χ4n) is 17.1. The molecule has 6 fully saturated rings. The molecule has 0 unspecified atom stereocenters. The first-order valence-electron chi connectivity index (χ1n) is 37.6. The van der Waals surface area contributed by atoms with E-state index in [2.05, 4.69) is 133 Å². The number of imidazole rings is 3. The molecule has 4 N–H and O–H groups in total. The largest absolute Gasteiger partial charge is 1.00 e. The third kappa shape index (κ3) is 17.6. The molecule has 12 aromatic rings. The molecule has 2 amide bonds. The van der Waals surface area contributed by atoms with Crippen molar-refractivity contribution in [2.24, 2.45) is 22.0 Å². The van der Waals surface area contributed by atoms with E-state index < -0.39 is 11.2 Å². The number of piperidine rings is 3. The van der Waals surface area contributed by atoms with Crippen molar-refractivity contribution < 1.29 is 48.6 Å². The summed E-state index contributed by atoms with van der Waals surface area (Å²) in [6.45, 7) is 17.1. The van der Waals surface area contributed by atoms with Crippen molar-refractivity contribution in [1.82, 2.24) is 68.7 Å². The Kier molecular flexibility index (Phi) is 24.7. The van der Waals surface area contributed by atoms with Gasteiger partial charge in [0.15, 0.2) is 11.3 Å². The number of alkyl carbamates (subject to hydrolysis) is 2. The number of aromatic nitrogens is 12. The van der Waals surface area contributed by atoms with Crippen LogP contribution in [0.5, 0.6) is 0 Å². The van der Waals surface area contributed by atoms with Gasteiger partial charge in [0.1, 0.15) is 11.2 Å². The fourth-order valence-corrected chi connectivity index (χ4v) is 19.6. The van der Waals surface area contributed by atoms with E-state index in [1.54, 1.807) is 35.9 Å². The van der Waals surface area contributed by atoms with Gasteiger partial charge in [-0.1, -0.05) is 116 Å². The molecule has 3 atom stereocenters. The molecule has 3 spiro atoms. The standard InChI is InChI=1S/C29H34N6O2S.C24H26N6S.C20H28N5O2.C9H6BrN.Na.H2S/c1-28(2,3)37-27(36)33-24-9-6-10-29(24)11-14-34(15-12-29)26-32-19-23(25-31-13-16-35(25)26)38-22-18-30-17-20-7-4-5-8-21(20)22;25-21-6-3-7-24(21)8-11-29(12-9-24)23-28-16-20(22-27-10-13-30(22)23)31-19-15-26-14-17-4-1-2-5-18(17)19;1-19(2,3)27-18(26)23-15-5-4-7-20(15)8-12-24(13-9-20)17-22-10-6-16-21-11-14-25(16)17;10-9-6-11-5-7-3-1-2-4-8(7)9;;/h4-5,7-8,13,16-19,24H,6,9-12,14-15H2,1-3H3,(H,33,36);1-2,4-5,10,13-16,21H,3,6-9,11-12,25H2;10-11,14-15H,4-5,7-9,12-13H2,1-3H3,(H,23,26);1-6H;;1H2/q;;-1;;+1;/p-1/t24-;21-;15-;;;/m111.../s1. The van der Waals surface area contributed by atoms with E-state index in [-0.39, 0.29) is 78.2 Å². The fraction of sp³-hybridized carbons (Fsp3) is 0.427. The van der Waals surface area contributed by atoms with Crippen LogP contribution in [0.15, 0.2) is 190 Å². The van der Waals surface area contributed by atoms with Crippen LogP contribution >= 0.6 is 39.5 Å². The number of nitrogens with zero attached hydrogens (tertiary/aromatic N) is 15. The molecule has 3 saturated carbocycles. The zero-order valence-corrected chi connectivity index (χ0v) is 69.3. The normalized spacial score (nSPS) is 19.2. The summed E-state index contributed by atoms with van der Waals surface area (Å²) in [5.41, 5.74) is 8.81. The van der Waals surface area contributed by atoms with E-state index in [4.69, 9.17) is 25.2 Å². The summed E-state index contributed by atoms with van der Waals surface area (Å²) in [5, 5.41) is 13.4. The summed E-state index contributed by atoms with van der Waals surface area (Å²) >= 11 is 6.77. The number of nitrogens with two attached hydrogens (primary N) is 1. The molecule has 109 heavy (non-hydrogen) atoms. The Hall–Kier alpha value is -7.82. The quantitative estimate of drug-likeness (QED) is 0.0526. The van der Waals surface area contributed by atoms with Gasteiger partial charge in [0.25, 0.3) is 0 Å². The van der Waals surface area contributed by atoms with Gasteiger partial charge in [-0.15, -0.1) is 6.20 Å². The van der Waals surface area contributed by atoms with Gasteiger partial charge in [-0.2, -0.15) is 0 Å². The second-order valence-corrected chi connectivity index (χ2v) is 34.4. The molecule has 0 bridgehead atoms. The number of carbonyl (C=O) groups is 2. The molecule has 27 heteroatoms. The van der Waals surface area contributed by atoms with Crippen LogP contribution in [0, 0.1) is 22.3 Å². The molecule has 3 aliphatic carbocycles. The van der Waals surface area contributed by atoms with Crippen LogP contribution < -0.4 is 60.6 Å². The average molecular weight is 1600 g/mol. The van der Waals surface area contributed by atoms with E-state index in [1.807, 2.05) is 157 Å². The minimum absolute atomic E-state index is 0. The van der Waals surface area contributed by atoms with Crippen LogP contribution in [0.1, 0.15) is 138 Å². The van der Waals surface area contributed by atoms with Crippen molar-refractivity contribution in [3.63, 3.8) is 0 Å². The Morgan fingerprint density at radius 3 is 1.33 bits per heavy atom. The number of rotatable bonds is 9. The number of carbonyl (C=O) groups excluding carboxylic acids is 2. The van der Waals surface area contributed by atoms with Crippen molar-refractivity contribution in [2.75, 3.05) is 54.0 Å². The second kappa shape index (κ2) is 34.0. The first-order valence-corrected chi connectivity index (χ1v) is 40.0. The molecule has 9 aromatic heterocycles. The van der Waals surface area contributed by atoms with Crippen molar-refractivity contribution in [1.29, 1.82) is 0 Å². The maximum Gasteiger partial charge on any atom is 1.00 e. The first kappa shape index (κ1) is 79.3. The van der Waals surface area contributed by atoms with Crippen LogP contribution in [-0.4, -0.2) is 139 Å². The van der Waals surface area contributed by atoms with Gasteiger partial charge in [0.2, 0.25) is 17.8 Å². The van der Waals surface area contributed by atoms with E-state index in [1.165, 1.54) is 40.8 Å². The number of ether oxygens (including phenoxy) is 2. The topological polar surface area (TPSA) is 242 Å². The molecule has 18 rings (SSSR count). The Morgan fingerprint density at radius 2 is 0.881 bits per heavy atom. The number of fused-ring (bicyclic) bond motifs is 6. The second-order valence-electron chi connectivity index (χ2n) is 31.4. The monoisotopic (exact) mass is 1590 g/mol. The maximum absolute atomic E-state index is 12.5. The average Bonchev–Trinajstić information content (AvgIpc) is 1.70.